The molecule has 1 saturated heterocycles. The van der Waals surface area contributed by atoms with Gasteiger partial charge in [-0.05, 0) is 41.3 Å². The van der Waals surface area contributed by atoms with Gasteiger partial charge in [0.05, 0.1) is 6.10 Å². The summed E-state index contributed by atoms with van der Waals surface area (Å²) in [6.45, 7) is 1.44. The Kier molecular flexibility index (Phi) is 4.13. The van der Waals surface area contributed by atoms with E-state index < -0.39 is 0 Å². The molecule has 0 saturated carbocycles. The first-order chi connectivity index (χ1) is 7.84. The van der Waals surface area contributed by atoms with E-state index in [-0.39, 0.29) is 12.0 Å². The van der Waals surface area contributed by atoms with Crippen LogP contribution in [0.25, 0.3) is 6.08 Å². The highest BCUT2D eigenvalue weighted by atomic mass is 32.1. The lowest BCUT2D eigenvalue weighted by Gasteiger charge is -2.08. The first-order valence-electron chi connectivity index (χ1n) is 5.44. The highest BCUT2D eigenvalue weighted by Crippen LogP contribution is 2.10. The summed E-state index contributed by atoms with van der Waals surface area (Å²) in [5.74, 6) is -0.0540. The van der Waals surface area contributed by atoms with E-state index in [1.54, 1.807) is 17.4 Å². The van der Waals surface area contributed by atoms with Crippen LogP contribution in [0.3, 0.4) is 0 Å². The smallest absolute Gasteiger partial charge is 0.244 e. The summed E-state index contributed by atoms with van der Waals surface area (Å²) in [6.07, 6.45) is 5.75. The summed E-state index contributed by atoms with van der Waals surface area (Å²) in [6, 6.07) is 1.98. The summed E-state index contributed by atoms with van der Waals surface area (Å²) in [7, 11) is 0. The lowest BCUT2D eigenvalue weighted by atomic mass is 10.2. The van der Waals surface area contributed by atoms with E-state index >= 15 is 0 Å². The summed E-state index contributed by atoms with van der Waals surface area (Å²) in [5.41, 5.74) is 1.07. The third-order valence-corrected chi connectivity index (χ3v) is 3.20. The van der Waals surface area contributed by atoms with Crippen LogP contribution in [0.5, 0.6) is 0 Å². The molecule has 3 nitrogen and oxygen atoms in total. The normalized spacial score (nSPS) is 20.4. The standard InChI is InChI=1S/C12H15NO2S/c14-12(4-3-10-5-7-16-9-10)13-8-11-2-1-6-15-11/h3-5,7,9,11H,1-2,6,8H2,(H,13,14)/b4-3+. The third-order valence-electron chi connectivity index (χ3n) is 2.50. The molecule has 1 aliphatic rings. The Balaban J connectivity index is 1.71. The van der Waals surface area contributed by atoms with Crippen LogP contribution in [0.2, 0.25) is 0 Å². The summed E-state index contributed by atoms with van der Waals surface area (Å²) < 4.78 is 5.42. The quantitative estimate of drug-likeness (QED) is 0.814. The monoisotopic (exact) mass is 237 g/mol. The van der Waals surface area contributed by atoms with Gasteiger partial charge in [0.2, 0.25) is 5.91 Å². The van der Waals surface area contributed by atoms with Gasteiger partial charge in [-0.25, -0.2) is 0 Å². The second-order valence-electron chi connectivity index (χ2n) is 3.77. The summed E-state index contributed by atoms with van der Waals surface area (Å²) >= 11 is 1.62. The summed E-state index contributed by atoms with van der Waals surface area (Å²) in [4.78, 5) is 11.4. The highest BCUT2D eigenvalue weighted by Gasteiger charge is 2.15. The van der Waals surface area contributed by atoms with Gasteiger partial charge in [-0.15, -0.1) is 0 Å². The van der Waals surface area contributed by atoms with Crippen molar-refractivity contribution in [2.75, 3.05) is 13.2 Å². The van der Waals surface area contributed by atoms with Crippen LogP contribution in [-0.2, 0) is 9.53 Å². The Morgan fingerprint density at radius 2 is 2.62 bits per heavy atom. The molecule has 2 heterocycles. The van der Waals surface area contributed by atoms with E-state index in [9.17, 15) is 4.79 Å². The number of carbonyl (C=O) groups is 1. The Labute approximate surface area is 99.1 Å². The molecule has 1 aromatic heterocycles. The molecular weight excluding hydrogens is 222 g/mol. The first kappa shape index (κ1) is 11.4. The largest absolute Gasteiger partial charge is 0.376 e. The van der Waals surface area contributed by atoms with Gasteiger partial charge in [0.25, 0.3) is 0 Å². The van der Waals surface area contributed by atoms with Crippen molar-refractivity contribution in [3.63, 3.8) is 0 Å². The SMILES string of the molecule is O=C(/C=C/c1ccsc1)NCC1CCCO1. The zero-order valence-electron chi connectivity index (χ0n) is 9.02. The Hall–Kier alpha value is -1.13. The van der Waals surface area contributed by atoms with Crippen LogP contribution >= 0.6 is 11.3 Å². The van der Waals surface area contributed by atoms with Gasteiger partial charge in [-0.2, -0.15) is 11.3 Å². The topological polar surface area (TPSA) is 38.3 Å². The number of rotatable bonds is 4. The fraction of sp³-hybridized carbons (Fsp3) is 0.417. The number of ether oxygens (including phenoxy) is 1. The van der Waals surface area contributed by atoms with Crippen molar-refractivity contribution in [2.45, 2.75) is 18.9 Å². The van der Waals surface area contributed by atoms with Crippen molar-refractivity contribution >= 4 is 23.3 Å². The molecule has 2 rings (SSSR count). The maximum Gasteiger partial charge on any atom is 0.244 e. The van der Waals surface area contributed by atoms with Crippen molar-refractivity contribution < 1.29 is 9.53 Å². The van der Waals surface area contributed by atoms with E-state index in [0.29, 0.717) is 6.54 Å². The molecule has 86 valence electrons. The van der Waals surface area contributed by atoms with Crippen LogP contribution in [-0.4, -0.2) is 25.2 Å². The Bertz CT molecular complexity index is 353. The first-order valence-corrected chi connectivity index (χ1v) is 6.38. The van der Waals surface area contributed by atoms with E-state index in [0.717, 1.165) is 25.0 Å². The second-order valence-corrected chi connectivity index (χ2v) is 4.55. The number of hydrogen-bond donors (Lipinski definition) is 1. The molecule has 0 spiro atoms. The lowest BCUT2D eigenvalue weighted by molar-refractivity contribution is -0.116. The zero-order chi connectivity index (χ0) is 11.2. The van der Waals surface area contributed by atoms with Gasteiger partial charge >= 0.3 is 0 Å². The number of thiophene rings is 1. The minimum atomic E-state index is -0.0540. The molecule has 1 aromatic rings. The van der Waals surface area contributed by atoms with Crippen molar-refractivity contribution in [3.8, 4) is 0 Å². The molecule has 1 atom stereocenters. The van der Waals surface area contributed by atoms with Crippen LogP contribution < -0.4 is 5.32 Å². The fourth-order valence-corrected chi connectivity index (χ4v) is 2.25. The molecule has 1 unspecified atom stereocenters. The van der Waals surface area contributed by atoms with Gasteiger partial charge in [-0.1, -0.05) is 0 Å². The van der Waals surface area contributed by atoms with Crippen molar-refractivity contribution in [1.29, 1.82) is 0 Å². The molecule has 0 aliphatic carbocycles. The molecule has 0 radical (unpaired) electrons. The predicted octanol–water partition coefficient (Wildman–Crippen LogP) is 2.06. The van der Waals surface area contributed by atoms with Crippen molar-refractivity contribution in [2.24, 2.45) is 0 Å². The van der Waals surface area contributed by atoms with Gasteiger partial charge in [0.1, 0.15) is 0 Å². The van der Waals surface area contributed by atoms with E-state index in [4.69, 9.17) is 4.74 Å². The number of amides is 1. The Morgan fingerprint density at radius 3 is 3.31 bits per heavy atom. The molecule has 0 aromatic carbocycles. The molecule has 16 heavy (non-hydrogen) atoms. The van der Waals surface area contributed by atoms with Gasteiger partial charge < -0.3 is 10.1 Å². The molecule has 4 heteroatoms. The number of carbonyl (C=O) groups excluding carboxylic acids is 1. The molecule has 1 amide bonds. The molecule has 0 bridgehead atoms. The minimum absolute atomic E-state index is 0.0540. The molecule has 1 aliphatic heterocycles. The highest BCUT2D eigenvalue weighted by molar-refractivity contribution is 7.08. The second kappa shape index (κ2) is 5.82. The zero-order valence-corrected chi connectivity index (χ0v) is 9.83. The van der Waals surface area contributed by atoms with E-state index in [2.05, 4.69) is 5.32 Å². The number of hydrogen-bond acceptors (Lipinski definition) is 3. The maximum atomic E-state index is 11.4. The third kappa shape index (κ3) is 3.47. The number of nitrogens with one attached hydrogen (secondary N) is 1. The average Bonchev–Trinajstić information content (AvgIpc) is 2.96. The molecule has 1 N–H and O–H groups in total. The van der Waals surface area contributed by atoms with Crippen LogP contribution in [0, 0.1) is 0 Å². The maximum absolute atomic E-state index is 11.4. The molecule has 1 fully saturated rings. The van der Waals surface area contributed by atoms with Crippen LogP contribution in [0.1, 0.15) is 18.4 Å². The van der Waals surface area contributed by atoms with Crippen LogP contribution in [0.4, 0.5) is 0 Å². The lowest BCUT2D eigenvalue weighted by Crippen LogP contribution is -2.30. The van der Waals surface area contributed by atoms with Gasteiger partial charge in [0.15, 0.2) is 0 Å². The Morgan fingerprint density at radius 1 is 1.69 bits per heavy atom. The van der Waals surface area contributed by atoms with Gasteiger partial charge in [0, 0.05) is 19.2 Å². The average molecular weight is 237 g/mol. The van der Waals surface area contributed by atoms with E-state index in [1.165, 1.54) is 0 Å². The van der Waals surface area contributed by atoms with E-state index in [1.807, 2.05) is 22.9 Å². The van der Waals surface area contributed by atoms with Gasteiger partial charge in [-0.3, -0.25) is 4.79 Å². The summed E-state index contributed by atoms with van der Waals surface area (Å²) in [5, 5.41) is 6.83. The minimum Gasteiger partial charge on any atom is -0.376 e. The van der Waals surface area contributed by atoms with Crippen molar-refractivity contribution in [3.05, 3.63) is 28.5 Å². The van der Waals surface area contributed by atoms with Crippen molar-refractivity contribution in [1.82, 2.24) is 5.32 Å². The fourth-order valence-electron chi connectivity index (χ4n) is 1.62. The van der Waals surface area contributed by atoms with Crippen LogP contribution in [0.15, 0.2) is 22.9 Å². The predicted molar refractivity (Wildman–Crippen MR) is 65.3 cm³/mol. The molecular formula is C12H15NO2S.